The monoisotopic (exact) mass is 472 g/mol. The second-order valence-electron chi connectivity index (χ2n) is 7.40. The normalized spacial score (nSPS) is 11.8. The molecule has 1 unspecified atom stereocenters. The number of aromatic nitrogens is 1. The first-order valence-corrected chi connectivity index (χ1v) is 11.0. The average Bonchev–Trinajstić information content (AvgIpc) is 3.18. The highest BCUT2D eigenvalue weighted by molar-refractivity contribution is 7.15. The molecule has 0 aliphatic carbocycles. The average molecular weight is 473 g/mol. The van der Waals surface area contributed by atoms with Gasteiger partial charge < -0.3 is 10.6 Å². The van der Waals surface area contributed by atoms with Gasteiger partial charge in [-0.15, -0.1) is 11.3 Å². The van der Waals surface area contributed by atoms with E-state index in [9.17, 15) is 19.7 Å². The van der Waals surface area contributed by atoms with E-state index < -0.39 is 22.8 Å². The standard InChI is InChI=1S/C22H21ClN4O4S/c1-13(2)19(25-20(28)17-9-8-15(27(30)31)11-18(17)23)21(29)26-22-24-12-16(32-22)10-14-6-4-3-5-7-14/h3-9,11-13,19H,10H2,1-2H3,(H,25,28)(H,24,26,29). The van der Waals surface area contributed by atoms with Crippen LogP contribution in [0.3, 0.4) is 0 Å². The zero-order valence-corrected chi connectivity index (χ0v) is 18.9. The fourth-order valence-electron chi connectivity index (χ4n) is 2.98. The summed E-state index contributed by atoms with van der Waals surface area (Å²) in [6.07, 6.45) is 2.42. The fraction of sp³-hybridized carbons (Fsp3) is 0.227. The molecule has 2 N–H and O–H groups in total. The van der Waals surface area contributed by atoms with Gasteiger partial charge in [-0.25, -0.2) is 4.98 Å². The van der Waals surface area contributed by atoms with E-state index in [0.29, 0.717) is 11.6 Å². The number of benzene rings is 2. The topological polar surface area (TPSA) is 114 Å². The highest BCUT2D eigenvalue weighted by atomic mass is 35.5. The number of carbonyl (C=O) groups excluding carboxylic acids is 2. The molecule has 166 valence electrons. The van der Waals surface area contributed by atoms with Crippen molar-refractivity contribution in [3.8, 4) is 0 Å². The van der Waals surface area contributed by atoms with Crippen LogP contribution >= 0.6 is 22.9 Å². The summed E-state index contributed by atoms with van der Waals surface area (Å²) in [5.41, 5.74) is 0.969. The van der Waals surface area contributed by atoms with Crippen LogP contribution in [0, 0.1) is 16.0 Å². The van der Waals surface area contributed by atoms with Crippen molar-refractivity contribution in [2.75, 3.05) is 5.32 Å². The number of nitro groups is 1. The van der Waals surface area contributed by atoms with Gasteiger partial charge in [0, 0.05) is 29.6 Å². The summed E-state index contributed by atoms with van der Waals surface area (Å²) >= 11 is 7.40. The van der Waals surface area contributed by atoms with Gasteiger partial charge in [0.05, 0.1) is 15.5 Å². The molecular formula is C22H21ClN4O4S. The predicted octanol–water partition coefficient (Wildman–Crippen LogP) is 4.69. The molecule has 0 spiro atoms. The Morgan fingerprint density at radius 2 is 1.91 bits per heavy atom. The summed E-state index contributed by atoms with van der Waals surface area (Å²) in [7, 11) is 0. The second kappa shape index (κ2) is 10.3. The quantitative estimate of drug-likeness (QED) is 0.364. The highest BCUT2D eigenvalue weighted by Crippen LogP contribution is 2.24. The summed E-state index contributed by atoms with van der Waals surface area (Å²) in [5, 5.41) is 16.6. The lowest BCUT2D eigenvalue weighted by molar-refractivity contribution is -0.384. The number of hydrogen-bond acceptors (Lipinski definition) is 6. The van der Waals surface area contributed by atoms with Crippen LogP contribution in [0.2, 0.25) is 5.02 Å². The third-order valence-electron chi connectivity index (χ3n) is 4.65. The van der Waals surface area contributed by atoms with Crippen LogP contribution in [0.5, 0.6) is 0 Å². The zero-order valence-electron chi connectivity index (χ0n) is 17.4. The molecule has 3 rings (SSSR count). The van der Waals surface area contributed by atoms with Crippen molar-refractivity contribution in [2.24, 2.45) is 5.92 Å². The largest absolute Gasteiger partial charge is 0.340 e. The van der Waals surface area contributed by atoms with E-state index in [0.717, 1.165) is 16.5 Å². The molecule has 2 amide bonds. The van der Waals surface area contributed by atoms with Gasteiger partial charge in [-0.2, -0.15) is 0 Å². The number of nitro benzene ring substituents is 1. The summed E-state index contributed by atoms with van der Waals surface area (Å²) in [4.78, 5) is 41.0. The Morgan fingerprint density at radius 3 is 2.53 bits per heavy atom. The Labute approximate surface area is 193 Å². The number of rotatable bonds is 8. The van der Waals surface area contributed by atoms with Crippen LogP contribution in [0.15, 0.2) is 54.7 Å². The van der Waals surface area contributed by atoms with E-state index in [1.807, 2.05) is 30.3 Å². The number of anilines is 1. The van der Waals surface area contributed by atoms with E-state index in [1.54, 1.807) is 20.0 Å². The van der Waals surface area contributed by atoms with Crippen molar-refractivity contribution in [2.45, 2.75) is 26.3 Å². The molecule has 3 aromatic rings. The molecule has 0 fully saturated rings. The van der Waals surface area contributed by atoms with Crippen LogP contribution in [0.1, 0.15) is 34.6 Å². The SMILES string of the molecule is CC(C)C(NC(=O)c1ccc([N+](=O)[O-])cc1Cl)C(=O)Nc1ncc(Cc2ccccc2)s1. The zero-order chi connectivity index (χ0) is 23.3. The molecule has 8 nitrogen and oxygen atoms in total. The number of non-ortho nitro benzene ring substituents is 1. The van der Waals surface area contributed by atoms with E-state index >= 15 is 0 Å². The smallest absolute Gasteiger partial charge is 0.270 e. The molecule has 1 aromatic heterocycles. The number of nitrogens with one attached hydrogen (secondary N) is 2. The summed E-state index contributed by atoms with van der Waals surface area (Å²) < 4.78 is 0. The van der Waals surface area contributed by atoms with Crippen molar-refractivity contribution >= 4 is 45.6 Å². The van der Waals surface area contributed by atoms with Crippen LogP contribution in [-0.4, -0.2) is 27.8 Å². The van der Waals surface area contributed by atoms with Crippen molar-refractivity contribution in [1.82, 2.24) is 10.3 Å². The Balaban J connectivity index is 1.67. The minimum Gasteiger partial charge on any atom is -0.340 e. The third kappa shape index (κ3) is 5.89. The maximum Gasteiger partial charge on any atom is 0.270 e. The molecule has 0 aliphatic rings. The molecule has 0 radical (unpaired) electrons. The van der Waals surface area contributed by atoms with E-state index in [4.69, 9.17) is 11.6 Å². The summed E-state index contributed by atoms with van der Waals surface area (Å²) in [6, 6.07) is 12.6. The van der Waals surface area contributed by atoms with Crippen LogP contribution in [0.25, 0.3) is 0 Å². The van der Waals surface area contributed by atoms with E-state index in [-0.39, 0.29) is 22.2 Å². The number of hydrogen-bond donors (Lipinski definition) is 2. The van der Waals surface area contributed by atoms with Crippen LogP contribution in [-0.2, 0) is 11.2 Å². The van der Waals surface area contributed by atoms with Gasteiger partial charge in [-0.3, -0.25) is 19.7 Å². The third-order valence-corrected chi connectivity index (χ3v) is 5.87. The number of thiazole rings is 1. The Kier molecular flexibility index (Phi) is 7.55. The minimum absolute atomic E-state index is 0.0510. The molecular weight excluding hydrogens is 452 g/mol. The van der Waals surface area contributed by atoms with E-state index in [1.165, 1.54) is 23.5 Å². The highest BCUT2D eigenvalue weighted by Gasteiger charge is 2.26. The predicted molar refractivity (Wildman–Crippen MR) is 124 cm³/mol. The molecule has 0 saturated heterocycles. The molecule has 1 heterocycles. The lowest BCUT2D eigenvalue weighted by Crippen LogP contribution is -2.47. The van der Waals surface area contributed by atoms with Gasteiger partial charge in [-0.1, -0.05) is 55.8 Å². The second-order valence-corrected chi connectivity index (χ2v) is 8.92. The number of halogens is 1. The first-order chi connectivity index (χ1) is 15.2. The van der Waals surface area contributed by atoms with Crippen molar-refractivity contribution in [1.29, 1.82) is 0 Å². The van der Waals surface area contributed by atoms with Gasteiger partial charge in [0.25, 0.3) is 11.6 Å². The van der Waals surface area contributed by atoms with Gasteiger partial charge >= 0.3 is 0 Å². The van der Waals surface area contributed by atoms with Crippen molar-refractivity contribution < 1.29 is 14.5 Å². The first-order valence-electron chi connectivity index (χ1n) is 9.79. The molecule has 0 saturated carbocycles. The van der Waals surface area contributed by atoms with Gasteiger partial charge in [-0.05, 0) is 17.5 Å². The maximum absolute atomic E-state index is 12.8. The Morgan fingerprint density at radius 1 is 1.19 bits per heavy atom. The van der Waals surface area contributed by atoms with Gasteiger partial charge in [0.2, 0.25) is 5.91 Å². The Bertz CT molecular complexity index is 1130. The van der Waals surface area contributed by atoms with Crippen molar-refractivity contribution in [3.05, 3.63) is 85.9 Å². The van der Waals surface area contributed by atoms with Crippen molar-refractivity contribution in [3.63, 3.8) is 0 Å². The number of nitrogens with zero attached hydrogens (tertiary/aromatic N) is 2. The summed E-state index contributed by atoms with van der Waals surface area (Å²) in [6.45, 7) is 3.59. The van der Waals surface area contributed by atoms with Crippen LogP contribution < -0.4 is 10.6 Å². The number of amides is 2. The first kappa shape index (κ1) is 23.4. The fourth-order valence-corrected chi connectivity index (χ4v) is 4.09. The van der Waals surface area contributed by atoms with E-state index in [2.05, 4.69) is 15.6 Å². The van der Waals surface area contributed by atoms with Gasteiger partial charge in [0.1, 0.15) is 6.04 Å². The number of carbonyl (C=O) groups is 2. The molecule has 1 atom stereocenters. The maximum atomic E-state index is 12.8. The molecule has 2 aromatic carbocycles. The van der Waals surface area contributed by atoms with Crippen LogP contribution in [0.4, 0.5) is 10.8 Å². The molecule has 32 heavy (non-hydrogen) atoms. The molecule has 0 bridgehead atoms. The Hall–Kier alpha value is -3.30. The molecule has 0 aliphatic heterocycles. The minimum atomic E-state index is -0.852. The summed E-state index contributed by atoms with van der Waals surface area (Å²) in [5.74, 6) is -1.23. The molecule has 10 heteroatoms. The lowest BCUT2D eigenvalue weighted by Gasteiger charge is -2.21. The van der Waals surface area contributed by atoms with Gasteiger partial charge in [0.15, 0.2) is 5.13 Å². The lowest BCUT2D eigenvalue weighted by atomic mass is 10.0.